The maximum absolute atomic E-state index is 13.5. The normalized spacial score (nSPS) is 10.3. The summed E-state index contributed by atoms with van der Waals surface area (Å²) in [6, 6.07) is 5.58. The summed E-state index contributed by atoms with van der Waals surface area (Å²) in [4.78, 5) is 23.1. The van der Waals surface area contributed by atoms with Crippen molar-refractivity contribution in [3.63, 3.8) is 0 Å². The molecule has 1 heterocycles. The molecule has 2 aromatic rings. The third-order valence-corrected chi connectivity index (χ3v) is 2.82. The number of furan rings is 1. The number of nitrogens with one attached hydrogen (secondary N) is 2. The van der Waals surface area contributed by atoms with Crippen molar-refractivity contribution in [2.75, 3.05) is 10.6 Å². The lowest BCUT2D eigenvalue weighted by Crippen LogP contribution is -2.13. The number of amides is 2. The van der Waals surface area contributed by atoms with Gasteiger partial charge in [0, 0.05) is 12.6 Å². The largest absolute Gasteiger partial charge is 0.466 e. The van der Waals surface area contributed by atoms with Crippen molar-refractivity contribution in [1.82, 2.24) is 0 Å². The van der Waals surface area contributed by atoms with Gasteiger partial charge in [-0.15, -0.1) is 0 Å². The van der Waals surface area contributed by atoms with Gasteiger partial charge < -0.3 is 15.1 Å². The summed E-state index contributed by atoms with van der Waals surface area (Å²) in [5, 5.41) is 4.99. The Labute approximate surface area is 121 Å². The Kier molecular flexibility index (Phi) is 4.07. The van der Waals surface area contributed by atoms with Crippen LogP contribution < -0.4 is 10.6 Å². The summed E-state index contributed by atoms with van der Waals surface area (Å²) < 4.78 is 18.8. The Morgan fingerprint density at radius 1 is 1.14 bits per heavy atom. The number of benzene rings is 1. The topological polar surface area (TPSA) is 71.3 Å². The molecule has 1 aromatic carbocycles. The van der Waals surface area contributed by atoms with Gasteiger partial charge in [0.2, 0.25) is 5.91 Å². The molecular weight excluding hydrogens is 275 g/mol. The van der Waals surface area contributed by atoms with Gasteiger partial charge in [-0.3, -0.25) is 9.59 Å². The zero-order chi connectivity index (χ0) is 15.6. The van der Waals surface area contributed by atoms with Crippen LogP contribution in [0.5, 0.6) is 0 Å². The number of aryl methyl sites for hydroxylation is 2. The van der Waals surface area contributed by atoms with Gasteiger partial charge in [-0.2, -0.15) is 0 Å². The predicted molar refractivity (Wildman–Crippen MR) is 76.8 cm³/mol. The van der Waals surface area contributed by atoms with Crippen molar-refractivity contribution < 1.29 is 18.4 Å². The molecule has 0 saturated heterocycles. The Hall–Kier alpha value is -2.63. The first-order valence-corrected chi connectivity index (χ1v) is 6.32. The second kappa shape index (κ2) is 5.78. The van der Waals surface area contributed by atoms with E-state index in [2.05, 4.69) is 10.6 Å². The van der Waals surface area contributed by atoms with Crippen molar-refractivity contribution in [3.05, 3.63) is 47.2 Å². The Morgan fingerprint density at radius 3 is 2.43 bits per heavy atom. The Morgan fingerprint density at radius 2 is 1.86 bits per heavy atom. The average Bonchev–Trinajstić information content (AvgIpc) is 2.72. The van der Waals surface area contributed by atoms with Gasteiger partial charge in [-0.25, -0.2) is 4.39 Å². The second-order valence-electron chi connectivity index (χ2n) is 4.66. The summed E-state index contributed by atoms with van der Waals surface area (Å²) in [6.07, 6.45) is 0. The van der Waals surface area contributed by atoms with Crippen LogP contribution in [0.1, 0.15) is 28.8 Å². The van der Waals surface area contributed by atoms with Crippen LogP contribution in [0.25, 0.3) is 0 Å². The van der Waals surface area contributed by atoms with E-state index in [9.17, 15) is 14.0 Å². The van der Waals surface area contributed by atoms with Crippen LogP contribution in [0.2, 0.25) is 0 Å². The summed E-state index contributed by atoms with van der Waals surface area (Å²) in [6.45, 7) is 4.72. The molecule has 2 amide bonds. The Bertz CT molecular complexity index is 707. The molecule has 0 atom stereocenters. The van der Waals surface area contributed by atoms with Crippen LogP contribution >= 0.6 is 0 Å². The lowest BCUT2D eigenvalue weighted by Gasteiger charge is -2.08. The van der Waals surface area contributed by atoms with Gasteiger partial charge in [0.1, 0.15) is 17.3 Å². The number of carbonyl (C=O) groups is 2. The molecule has 0 aliphatic heterocycles. The Balaban J connectivity index is 2.21. The molecule has 110 valence electrons. The predicted octanol–water partition coefficient (Wildman–Crippen LogP) is 3.25. The van der Waals surface area contributed by atoms with Crippen molar-refractivity contribution >= 4 is 23.2 Å². The van der Waals surface area contributed by atoms with Crippen molar-refractivity contribution in [2.45, 2.75) is 20.8 Å². The number of hydrogen-bond donors (Lipinski definition) is 2. The highest BCUT2D eigenvalue weighted by Crippen LogP contribution is 2.21. The minimum Gasteiger partial charge on any atom is -0.466 e. The maximum atomic E-state index is 13.5. The quantitative estimate of drug-likeness (QED) is 0.911. The lowest BCUT2D eigenvalue weighted by atomic mass is 10.2. The number of rotatable bonds is 3. The molecule has 0 aliphatic carbocycles. The standard InChI is InChI=1S/C15H15FN2O3/c1-8-6-12(9(2)21-8)15(20)18-11-4-5-13(16)14(7-11)17-10(3)19/h4-7H,1-3H3,(H,17,19)(H,18,20). The molecule has 0 unspecified atom stereocenters. The highest BCUT2D eigenvalue weighted by atomic mass is 19.1. The average molecular weight is 290 g/mol. The minimum atomic E-state index is -0.571. The number of anilines is 2. The fourth-order valence-electron chi connectivity index (χ4n) is 1.94. The molecule has 21 heavy (non-hydrogen) atoms. The van der Waals surface area contributed by atoms with E-state index in [0.717, 1.165) is 0 Å². The van der Waals surface area contributed by atoms with E-state index in [1.807, 2.05) is 0 Å². The highest BCUT2D eigenvalue weighted by Gasteiger charge is 2.14. The fraction of sp³-hybridized carbons (Fsp3) is 0.200. The molecular formula is C15H15FN2O3. The number of halogens is 1. The lowest BCUT2D eigenvalue weighted by molar-refractivity contribution is -0.114. The molecule has 1 aromatic heterocycles. The first kappa shape index (κ1) is 14.8. The molecule has 0 fully saturated rings. The minimum absolute atomic E-state index is 0.0143. The molecule has 0 spiro atoms. The van der Waals surface area contributed by atoms with Gasteiger partial charge in [-0.1, -0.05) is 0 Å². The van der Waals surface area contributed by atoms with E-state index in [1.54, 1.807) is 19.9 Å². The van der Waals surface area contributed by atoms with Crippen LogP contribution in [-0.4, -0.2) is 11.8 Å². The molecule has 2 rings (SSSR count). The molecule has 0 saturated carbocycles. The highest BCUT2D eigenvalue weighted by molar-refractivity contribution is 6.05. The zero-order valence-corrected chi connectivity index (χ0v) is 11.9. The van der Waals surface area contributed by atoms with Crippen molar-refractivity contribution in [2.24, 2.45) is 0 Å². The van der Waals surface area contributed by atoms with Gasteiger partial charge in [-0.05, 0) is 38.1 Å². The number of hydrogen-bond acceptors (Lipinski definition) is 3. The maximum Gasteiger partial charge on any atom is 0.259 e. The fourth-order valence-corrected chi connectivity index (χ4v) is 1.94. The first-order chi connectivity index (χ1) is 9.86. The van der Waals surface area contributed by atoms with E-state index in [-0.39, 0.29) is 11.6 Å². The van der Waals surface area contributed by atoms with Gasteiger partial charge >= 0.3 is 0 Å². The van der Waals surface area contributed by atoms with E-state index in [0.29, 0.717) is 22.8 Å². The molecule has 6 heteroatoms. The van der Waals surface area contributed by atoms with Crippen LogP contribution in [-0.2, 0) is 4.79 Å². The summed E-state index contributed by atoms with van der Waals surface area (Å²) >= 11 is 0. The van der Waals surface area contributed by atoms with E-state index in [1.165, 1.54) is 25.1 Å². The zero-order valence-electron chi connectivity index (χ0n) is 11.9. The first-order valence-electron chi connectivity index (χ1n) is 6.32. The molecule has 2 N–H and O–H groups in total. The van der Waals surface area contributed by atoms with Crippen LogP contribution in [0.4, 0.5) is 15.8 Å². The monoisotopic (exact) mass is 290 g/mol. The van der Waals surface area contributed by atoms with Crippen molar-refractivity contribution in [3.8, 4) is 0 Å². The summed E-state index contributed by atoms with van der Waals surface area (Å²) in [7, 11) is 0. The number of carbonyl (C=O) groups excluding carboxylic acids is 2. The molecule has 5 nitrogen and oxygen atoms in total. The van der Waals surface area contributed by atoms with Gasteiger partial charge in [0.15, 0.2) is 0 Å². The van der Waals surface area contributed by atoms with Crippen LogP contribution in [0.15, 0.2) is 28.7 Å². The van der Waals surface area contributed by atoms with Crippen LogP contribution in [0, 0.1) is 19.7 Å². The van der Waals surface area contributed by atoms with Crippen LogP contribution in [0.3, 0.4) is 0 Å². The molecule has 0 aliphatic rings. The summed E-state index contributed by atoms with van der Waals surface area (Å²) in [5.74, 6) is -0.174. The third kappa shape index (κ3) is 3.47. The van der Waals surface area contributed by atoms with Gasteiger partial charge in [0.05, 0.1) is 11.3 Å². The molecule has 0 radical (unpaired) electrons. The summed E-state index contributed by atoms with van der Waals surface area (Å²) in [5.41, 5.74) is 0.807. The third-order valence-electron chi connectivity index (χ3n) is 2.82. The van der Waals surface area contributed by atoms with Crippen molar-refractivity contribution in [1.29, 1.82) is 0 Å². The molecule has 0 bridgehead atoms. The van der Waals surface area contributed by atoms with E-state index >= 15 is 0 Å². The SMILES string of the molecule is CC(=O)Nc1cc(NC(=O)c2cc(C)oc2C)ccc1F. The van der Waals surface area contributed by atoms with E-state index in [4.69, 9.17) is 4.42 Å². The van der Waals surface area contributed by atoms with E-state index < -0.39 is 11.7 Å². The van der Waals surface area contributed by atoms with Gasteiger partial charge in [0.25, 0.3) is 5.91 Å². The second-order valence-corrected chi connectivity index (χ2v) is 4.66. The smallest absolute Gasteiger partial charge is 0.259 e.